The highest BCUT2D eigenvalue weighted by Crippen LogP contribution is 2.24. The Hall–Kier alpha value is -1.70. The summed E-state index contributed by atoms with van der Waals surface area (Å²) in [5.41, 5.74) is 7.03. The first kappa shape index (κ1) is 14.7. The van der Waals surface area contributed by atoms with Crippen LogP contribution < -0.4 is 11.1 Å². The van der Waals surface area contributed by atoms with E-state index in [9.17, 15) is 4.79 Å². The van der Waals surface area contributed by atoms with E-state index in [1.807, 2.05) is 0 Å². The first-order chi connectivity index (χ1) is 9.70. The molecule has 0 unspecified atom stereocenters. The van der Waals surface area contributed by atoms with Crippen molar-refractivity contribution >= 4 is 32.6 Å². The fourth-order valence-corrected chi connectivity index (χ4v) is 2.50. The Bertz CT molecular complexity index is 585. The molecule has 0 radical (unpaired) electrons. The van der Waals surface area contributed by atoms with Crippen LogP contribution in [-0.2, 0) is 4.74 Å². The van der Waals surface area contributed by atoms with Gasteiger partial charge in [-0.3, -0.25) is 4.79 Å². The van der Waals surface area contributed by atoms with Gasteiger partial charge in [-0.05, 0) is 24.6 Å². The topological polar surface area (TPSA) is 97.5 Å². The second kappa shape index (κ2) is 7.18. The van der Waals surface area contributed by atoms with Gasteiger partial charge in [0.05, 0.1) is 23.4 Å². The normalized spacial score (nSPS) is 10.8. The fraction of sp³-hybridized carbons (Fsp3) is 0.385. The second-order valence-corrected chi connectivity index (χ2v) is 5.24. The average molecular weight is 295 g/mol. The van der Waals surface area contributed by atoms with Gasteiger partial charge in [0.15, 0.2) is 5.13 Å². The zero-order chi connectivity index (χ0) is 14.4. The number of thiazole rings is 1. The second-order valence-electron chi connectivity index (χ2n) is 4.18. The molecule has 0 atom stereocenters. The molecule has 1 aromatic heterocycles. The molecule has 20 heavy (non-hydrogen) atoms. The number of nitrogen functional groups attached to an aromatic ring is 1. The number of fused-ring (bicyclic) bond motifs is 1. The molecular formula is C13H17N3O3S. The minimum absolute atomic E-state index is 0.0182. The molecule has 0 bridgehead atoms. The number of rotatable bonds is 7. The van der Waals surface area contributed by atoms with Crippen LogP contribution in [0.15, 0.2) is 18.2 Å². The van der Waals surface area contributed by atoms with Crippen LogP contribution in [0.25, 0.3) is 10.2 Å². The highest BCUT2D eigenvalue weighted by Gasteiger charge is 2.08. The number of aliphatic hydroxyl groups excluding tert-OH is 1. The van der Waals surface area contributed by atoms with Gasteiger partial charge >= 0.3 is 0 Å². The molecule has 0 saturated carbocycles. The molecule has 2 rings (SSSR count). The maximum atomic E-state index is 11.9. The summed E-state index contributed by atoms with van der Waals surface area (Å²) in [4.78, 5) is 16.1. The lowest BCUT2D eigenvalue weighted by Crippen LogP contribution is -2.25. The van der Waals surface area contributed by atoms with Crippen LogP contribution >= 0.6 is 11.3 Å². The first-order valence-electron chi connectivity index (χ1n) is 6.33. The van der Waals surface area contributed by atoms with E-state index >= 15 is 0 Å². The summed E-state index contributed by atoms with van der Waals surface area (Å²) in [5, 5.41) is 11.9. The van der Waals surface area contributed by atoms with Crippen molar-refractivity contribution in [1.82, 2.24) is 10.3 Å². The molecule has 0 fully saturated rings. The Labute approximate surface area is 120 Å². The number of hydrogen-bond donors (Lipinski definition) is 3. The third-order valence-corrected chi connectivity index (χ3v) is 3.50. The summed E-state index contributed by atoms with van der Waals surface area (Å²) in [6.45, 7) is 1.40. The Balaban J connectivity index is 1.84. The molecule has 7 heteroatoms. The van der Waals surface area contributed by atoms with Crippen molar-refractivity contribution < 1.29 is 14.6 Å². The van der Waals surface area contributed by atoms with Gasteiger partial charge in [-0.2, -0.15) is 0 Å². The number of aliphatic hydroxyl groups is 1. The average Bonchev–Trinajstić information content (AvgIpc) is 2.81. The Morgan fingerprint density at radius 3 is 3.10 bits per heavy atom. The SMILES string of the molecule is Nc1nc2ccc(C(=O)NCCCOCCO)cc2s1. The van der Waals surface area contributed by atoms with Crippen molar-refractivity contribution in [2.75, 3.05) is 32.1 Å². The van der Waals surface area contributed by atoms with E-state index in [1.54, 1.807) is 18.2 Å². The van der Waals surface area contributed by atoms with Crippen molar-refractivity contribution in [3.05, 3.63) is 23.8 Å². The van der Waals surface area contributed by atoms with Crippen molar-refractivity contribution in [3.8, 4) is 0 Å². The van der Waals surface area contributed by atoms with E-state index in [0.29, 0.717) is 36.9 Å². The number of nitrogens with one attached hydrogen (secondary N) is 1. The number of amides is 1. The van der Waals surface area contributed by atoms with Crippen LogP contribution in [0.2, 0.25) is 0 Å². The number of hydrogen-bond acceptors (Lipinski definition) is 6. The Morgan fingerprint density at radius 1 is 1.45 bits per heavy atom. The van der Waals surface area contributed by atoms with Gasteiger partial charge in [0.2, 0.25) is 0 Å². The predicted molar refractivity (Wildman–Crippen MR) is 78.9 cm³/mol. The maximum Gasteiger partial charge on any atom is 0.251 e. The fourth-order valence-electron chi connectivity index (χ4n) is 1.73. The molecule has 4 N–H and O–H groups in total. The van der Waals surface area contributed by atoms with Crippen LogP contribution in [0.1, 0.15) is 16.8 Å². The highest BCUT2D eigenvalue weighted by atomic mass is 32.1. The number of nitrogens with two attached hydrogens (primary N) is 1. The molecular weight excluding hydrogens is 278 g/mol. The van der Waals surface area contributed by atoms with Gasteiger partial charge in [-0.25, -0.2) is 4.98 Å². The van der Waals surface area contributed by atoms with Gasteiger partial charge in [-0.15, -0.1) is 0 Å². The van der Waals surface area contributed by atoms with Crippen molar-refractivity contribution in [2.45, 2.75) is 6.42 Å². The van der Waals surface area contributed by atoms with Gasteiger partial charge in [0.1, 0.15) is 0 Å². The smallest absolute Gasteiger partial charge is 0.251 e. The minimum Gasteiger partial charge on any atom is -0.394 e. The quantitative estimate of drug-likeness (QED) is 0.662. The number of benzene rings is 1. The lowest BCUT2D eigenvalue weighted by molar-refractivity contribution is 0.0867. The van der Waals surface area contributed by atoms with Crippen molar-refractivity contribution in [3.63, 3.8) is 0 Å². The van der Waals surface area contributed by atoms with E-state index < -0.39 is 0 Å². The highest BCUT2D eigenvalue weighted by molar-refractivity contribution is 7.22. The van der Waals surface area contributed by atoms with Gasteiger partial charge < -0.3 is 20.9 Å². The van der Waals surface area contributed by atoms with E-state index in [0.717, 1.165) is 10.2 Å². The molecule has 0 saturated heterocycles. The zero-order valence-corrected chi connectivity index (χ0v) is 11.8. The molecule has 0 aliphatic rings. The largest absolute Gasteiger partial charge is 0.394 e. The number of carbonyl (C=O) groups excluding carboxylic acids is 1. The summed E-state index contributed by atoms with van der Waals surface area (Å²) in [6.07, 6.45) is 0.710. The molecule has 108 valence electrons. The van der Waals surface area contributed by atoms with E-state index in [-0.39, 0.29) is 12.5 Å². The molecule has 0 spiro atoms. The molecule has 6 nitrogen and oxygen atoms in total. The van der Waals surface area contributed by atoms with E-state index in [1.165, 1.54) is 11.3 Å². The summed E-state index contributed by atoms with van der Waals surface area (Å²) < 4.78 is 6.01. The monoisotopic (exact) mass is 295 g/mol. The number of anilines is 1. The standard InChI is InChI=1S/C13H17N3O3S/c14-13-16-10-3-2-9(8-11(10)20-13)12(18)15-4-1-6-19-7-5-17/h2-3,8,17H,1,4-7H2,(H2,14,16)(H,15,18). The third kappa shape index (κ3) is 3.89. The van der Waals surface area contributed by atoms with Gasteiger partial charge in [0.25, 0.3) is 5.91 Å². The van der Waals surface area contributed by atoms with Crippen molar-refractivity contribution in [1.29, 1.82) is 0 Å². The lowest BCUT2D eigenvalue weighted by atomic mass is 10.2. The molecule has 1 aromatic carbocycles. The van der Waals surface area contributed by atoms with Gasteiger partial charge in [0, 0.05) is 18.7 Å². The molecule has 0 aliphatic carbocycles. The molecule has 1 heterocycles. The summed E-state index contributed by atoms with van der Waals surface area (Å²) in [7, 11) is 0. The molecule has 1 amide bonds. The van der Waals surface area contributed by atoms with Crippen LogP contribution in [0, 0.1) is 0 Å². The van der Waals surface area contributed by atoms with Crippen LogP contribution in [0.4, 0.5) is 5.13 Å². The Kier molecular flexibility index (Phi) is 5.28. The van der Waals surface area contributed by atoms with E-state index in [2.05, 4.69) is 10.3 Å². The van der Waals surface area contributed by atoms with Crippen LogP contribution in [0.3, 0.4) is 0 Å². The van der Waals surface area contributed by atoms with Gasteiger partial charge in [-0.1, -0.05) is 11.3 Å². The first-order valence-corrected chi connectivity index (χ1v) is 7.15. The Morgan fingerprint density at radius 2 is 2.30 bits per heavy atom. The van der Waals surface area contributed by atoms with Crippen LogP contribution in [-0.4, -0.2) is 42.4 Å². The van der Waals surface area contributed by atoms with Crippen LogP contribution in [0.5, 0.6) is 0 Å². The number of nitrogens with zero attached hydrogens (tertiary/aromatic N) is 1. The zero-order valence-electron chi connectivity index (χ0n) is 11.0. The van der Waals surface area contributed by atoms with E-state index in [4.69, 9.17) is 15.6 Å². The maximum absolute atomic E-state index is 11.9. The third-order valence-electron chi connectivity index (χ3n) is 2.65. The minimum atomic E-state index is -0.124. The number of carbonyl (C=O) groups is 1. The van der Waals surface area contributed by atoms with Crippen molar-refractivity contribution in [2.24, 2.45) is 0 Å². The number of aromatic nitrogens is 1. The predicted octanol–water partition coefficient (Wildman–Crippen LogP) is 1.01. The number of ether oxygens (including phenoxy) is 1. The summed E-state index contributed by atoms with van der Waals surface area (Å²) in [6, 6.07) is 5.32. The summed E-state index contributed by atoms with van der Waals surface area (Å²) in [5.74, 6) is -0.124. The molecule has 2 aromatic rings. The lowest BCUT2D eigenvalue weighted by Gasteiger charge is -2.05. The molecule has 0 aliphatic heterocycles. The summed E-state index contributed by atoms with van der Waals surface area (Å²) >= 11 is 1.36.